The van der Waals surface area contributed by atoms with Gasteiger partial charge in [0.1, 0.15) is 11.5 Å². The summed E-state index contributed by atoms with van der Waals surface area (Å²) in [5, 5.41) is 3.03. The number of allylic oxidation sites excluding steroid dienone is 1. The minimum atomic E-state index is -0.479. The van der Waals surface area contributed by atoms with E-state index in [2.05, 4.69) is 34.4 Å². The van der Waals surface area contributed by atoms with Crippen LogP contribution in [0.5, 0.6) is 11.5 Å². The zero-order valence-electron chi connectivity index (χ0n) is 27.3. The van der Waals surface area contributed by atoms with Crippen LogP contribution in [0.1, 0.15) is 69.4 Å². The van der Waals surface area contributed by atoms with E-state index in [0.717, 1.165) is 56.6 Å². The predicted octanol–water partition coefficient (Wildman–Crippen LogP) is 2.61. The Kier molecular flexibility index (Phi) is 9.18. The summed E-state index contributed by atoms with van der Waals surface area (Å²) in [5.74, 6) is 1.72. The molecule has 5 N–H and O–H groups in total. The van der Waals surface area contributed by atoms with Crippen molar-refractivity contribution in [1.82, 2.24) is 15.1 Å². The molecule has 46 heavy (non-hydrogen) atoms. The lowest BCUT2D eigenvalue weighted by molar-refractivity contribution is -0.129. The topological polar surface area (TPSA) is 162 Å². The molecule has 1 spiro atoms. The third kappa shape index (κ3) is 5.80. The number of carbonyl (C=O) groups excluding carboxylic acids is 3. The first-order valence-electron chi connectivity index (χ1n) is 16.7. The fourth-order valence-corrected chi connectivity index (χ4v) is 8.76. The van der Waals surface area contributed by atoms with Gasteiger partial charge in [-0.05, 0) is 95.5 Å². The van der Waals surface area contributed by atoms with Gasteiger partial charge in [0, 0.05) is 49.0 Å². The molecule has 3 aliphatic heterocycles. The first kappa shape index (κ1) is 32.2. The molecule has 3 heterocycles. The van der Waals surface area contributed by atoms with E-state index in [9.17, 15) is 14.4 Å². The maximum Gasteiger partial charge on any atom is 0.415 e. The quantitative estimate of drug-likeness (QED) is 0.188. The summed E-state index contributed by atoms with van der Waals surface area (Å²) in [6.45, 7) is 3.67. The van der Waals surface area contributed by atoms with E-state index in [1.54, 1.807) is 12.0 Å². The summed E-state index contributed by atoms with van der Waals surface area (Å²) in [7, 11) is 3.88. The van der Waals surface area contributed by atoms with Crippen LogP contribution in [-0.2, 0) is 26.2 Å². The second kappa shape index (κ2) is 13.1. The molecule has 2 fully saturated rings. The molecule has 5 aliphatic rings. The van der Waals surface area contributed by atoms with Gasteiger partial charge in [-0.1, -0.05) is 6.07 Å². The number of aliphatic imine (C=N–C) groups is 1. The number of benzene rings is 1. The van der Waals surface area contributed by atoms with Gasteiger partial charge in [0.25, 0.3) is 0 Å². The van der Waals surface area contributed by atoms with Gasteiger partial charge in [-0.25, -0.2) is 4.79 Å². The summed E-state index contributed by atoms with van der Waals surface area (Å²) >= 11 is 0. The number of piperidine rings is 2. The lowest BCUT2D eigenvalue weighted by Gasteiger charge is -2.56. The summed E-state index contributed by atoms with van der Waals surface area (Å²) in [5.41, 5.74) is 13.1. The Morgan fingerprint density at radius 3 is 2.80 bits per heavy atom. The summed E-state index contributed by atoms with van der Waals surface area (Å²) in [6, 6.07) is 4.35. The minimum Gasteiger partial charge on any atom is -0.493 e. The number of ketones is 1. The number of guanidine groups is 1. The third-order valence-electron chi connectivity index (χ3n) is 10.9. The monoisotopic (exact) mass is 636 g/mol. The fourth-order valence-electron chi connectivity index (χ4n) is 8.76. The van der Waals surface area contributed by atoms with Gasteiger partial charge in [-0.3, -0.25) is 9.79 Å². The molecule has 1 aromatic rings. The molecule has 0 saturated carbocycles. The summed E-state index contributed by atoms with van der Waals surface area (Å²) in [4.78, 5) is 47.2. The standard InChI is InChI=1S/C34H48N6O6/c1-20(41)17-22(7-6-14-37-32(35)36)31(42)38-19-23-8-4-5-15-40(23)33(43)45-27-12-10-24-25-18-21-9-11-26(44-3)29-28(21)34(24,30(27)46-29)13-16-39(25)2/h9,11-12,22-25,30H,4-8,10,13-19H2,1-3H3,(H,38,42)(H4,35,36,37)/t22-,23-,24+,25-,30+,34+/m1/s1. The zero-order valence-corrected chi connectivity index (χ0v) is 27.3. The Labute approximate surface area is 270 Å². The molecule has 12 nitrogen and oxygen atoms in total. The van der Waals surface area contributed by atoms with Crippen molar-refractivity contribution < 1.29 is 28.6 Å². The number of Topliss-reactive ketones (excluding diaryl/α,β-unsaturated/α-hetero) is 1. The molecule has 2 amide bonds. The van der Waals surface area contributed by atoms with E-state index in [0.29, 0.717) is 50.2 Å². The van der Waals surface area contributed by atoms with Gasteiger partial charge < -0.3 is 45.6 Å². The van der Waals surface area contributed by atoms with Gasteiger partial charge in [-0.15, -0.1) is 0 Å². The molecule has 0 aromatic heterocycles. The normalized spacial score (nSPS) is 28.2. The van der Waals surface area contributed by atoms with Crippen LogP contribution >= 0.6 is 0 Å². The molecule has 0 unspecified atom stereocenters. The van der Waals surface area contributed by atoms with Crippen molar-refractivity contribution in [2.45, 2.75) is 88.3 Å². The summed E-state index contributed by atoms with van der Waals surface area (Å²) < 4.78 is 18.8. The number of nitrogens with zero attached hydrogens (tertiary/aromatic N) is 3. The molecule has 2 aliphatic carbocycles. The molecular weight excluding hydrogens is 588 g/mol. The van der Waals surface area contributed by atoms with Crippen molar-refractivity contribution in [3.8, 4) is 11.5 Å². The van der Waals surface area contributed by atoms with Crippen molar-refractivity contribution in [2.75, 3.05) is 40.3 Å². The predicted molar refractivity (Wildman–Crippen MR) is 173 cm³/mol. The minimum absolute atomic E-state index is 0.00286. The van der Waals surface area contributed by atoms with E-state index in [4.69, 9.17) is 25.7 Å². The average Bonchev–Trinajstić information content (AvgIpc) is 3.39. The number of likely N-dealkylation sites (N-methyl/N-ethyl adjacent to an activating group) is 1. The zero-order chi connectivity index (χ0) is 32.6. The van der Waals surface area contributed by atoms with Crippen LogP contribution < -0.4 is 26.3 Å². The number of hydrogen-bond acceptors (Lipinski definition) is 8. The number of amides is 2. The van der Waals surface area contributed by atoms with E-state index < -0.39 is 18.1 Å². The van der Waals surface area contributed by atoms with Crippen LogP contribution in [0.15, 0.2) is 29.0 Å². The van der Waals surface area contributed by atoms with E-state index in [1.165, 1.54) is 18.1 Å². The van der Waals surface area contributed by atoms with Crippen LogP contribution in [0.2, 0.25) is 0 Å². The molecule has 250 valence electrons. The molecule has 12 heteroatoms. The Morgan fingerprint density at radius 2 is 2.04 bits per heavy atom. The number of methoxy groups -OCH3 is 1. The number of rotatable bonds is 11. The SMILES string of the molecule is COc1ccc2c3c1O[C@H]1C(OC(=O)N4CCCC[C@@H]4CNC(=O)[C@H](CCCN=C(N)N)CC(C)=O)=CC[C@H]4[C@@H](C2)N(C)CC[C@]314. The van der Waals surface area contributed by atoms with Crippen molar-refractivity contribution >= 4 is 23.7 Å². The Hall–Kier alpha value is -3.80. The van der Waals surface area contributed by atoms with Crippen LogP contribution in [0.4, 0.5) is 4.79 Å². The van der Waals surface area contributed by atoms with E-state index in [1.807, 2.05) is 6.07 Å². The first-order chi connectivity index (χ1) is 22.1. The van der Waals surface area contributed by atoms with Crippen LogP contribution in [0.25, 0.3) is 0 Å². The van der Waals surface area contributed by atoms with Crippen molar-refractivity contribution in [3.05, 3.63) is 35.1 Å². The van der Waals surface area contributed by atoms with Crippen molar-refractivity contribution in [2.24, 2.45) is 28.3 Å². The highest BCUT2D eigenvalue weighted by Crippen LogP contribution is 2.63. The smallest absolute Gasteiger partial charge is 0.415 e. The molecule has 6 rings (SSSR count). The van der Waals surface area contributed by atoms with Crippen molar-refractivity contribution in [3.63, 3.8) is 0 Å². The Morgan fingerprint density at radius 1 is 1.22 bits per heavy atom. The number of nitrogens with one attached hydrogen (secondary N) is 1. The number of ether oxygens (including phenoxy) is 3. The number of carbonyl (C=O) groups is 3. The first-order valence-corrected chi connectivity index (χ1v) is 16.7. The Bertz CT molecular complexity index is 1420. The maximum absolute atomic E-state index is 13.9. The van der Waals surface area contributed by atoms with E-state index in [-0.39, 0.29) is 35.5 Å². The van der Waals surface area contributed by atoms with Gasteiger partial charge in [-0.2, -0.15) is 0 Å². The largest absolute Gasteiger partial charge is 0.493 e. The lowest BCUT2D eigenvalue weighted by atomic mass is 9.53. The molecule has 2 saturated heterocycles. The molecule has 0 radical (unpaired) electrons. The highest BCUT2D eigenvalue weighted by molar-refractivity contribution is 5.85. The van der Waals surface area contributed by atoms with Crippen molar-refractivity contribution in [1.29, 1.82) is 0 Å². The molecule has 6 atom stereocenters. The molecule has 2 bridgehead atoms. The second-order valence-electron chi connectivity index (χ2n) is 13.6. The Balaban J connectivity index is 1.15. The molecular formula is C34H48N6O6. The van der Waals surface area contributed by atoms with Crippen LogP contribution in [0, 0.1) is 11.8 Å². The third-order valence-corrected chi connectivity index (χ3v) is 10.9. The van der Waals surface area contributed by atoms with Gasteiger partial charge >= 0.3 is 6.09 Å². The average molecular weight is 637 g/mol. The summed E-state index contributed by atoms with van der Waals surface area (Å²) in [6.07, 6.45) is 7.74. The van der Waals surface area contributed by atoms with E-state index >= 15 is 0 Å². The van der Waals surface area contributed by atoms with Crippen LogP contribution in [0.3, 0.4) is 0 Å². The van der Waals surface area contributed by atoms with Gasteiger partial charge in [0.05, 0.1) is 13.2 Å². The van der Waals surface area contributed by atoms with Crippen LogP contribution in [-0.4, -0.2) is 92.1 Å². The maximum atomic E-state index is 13.9. The van der Waals surface area contributed by atoms with Gasteiger partial charge in [0.2, 0.25) is 5.91 Å². The van der Waals surface area contributed by atoms with Gasteiger partial charge in [0.15, 0.2) is 23.6 Å². The fraction of sp³-hybridized carbons (Fsp3) is 0.647. The lowest BCUT2D eigenvalue weighted by Crippen LogP contribution is -2.63. The number of nitrogens with two attached hydrogens (primary N) is 2. The number of likely N-dealkylation sites (tertiary alicyclic amines) is 2. The number of hydrogen-bond donors (Lipinski definition) is 3. The second-order valence-corrected chi connectivity index (χ2v) is 13.6. The molecule has 1 aromatic carbocycles. The highest BCUT2D eigenvalue weighted by Gasteiger charge is 2.65. The highest BCUT2D eigenvalue weighted by atomic mass is 16.6.